The molecule has 2 aromatic rings. The molecule has 0 radical (unpaired) electrons. The molecule has 25 heavy (non-hydrogen) atoms. The highest BCUT2D eigenvalue weighted by Crippen LogP contribution is 2.37. The van der Waals surface area contributed by atoms with Crippen LogP contribution in [0.5, 0.6) is 0 Å². The number of nitrogens with one attached hydrogen (secondary N) is 1. The number of nitrogens with zero attached hydrogens (tertiary/aromatic N) is 1. The Morgan fingerprint density at radius 1 is 1.20 bits per heavy atom. The molecule has 1 fully saturated rings. The normalized spacial score (nSPS) is 17.8. The van der Waals surface area contributed by atoms with E-state index in [0.717, 1.165) is 28.3 Å². The summed E-state index contributed by atoms with van der Waals surface area (Å²) in [5.74, 6) is 0.602. The summed E-state index contributed by atoms with van der Waals surface area (Å²) in [5, 5.41) is 4.01. The molecule has 0 aliphatic carbocycles. The minimum Gasteiger partial charge on any atom is -0.334 e. The molecule has 1 aliphatic heterocycles. The number of thioether (sulfide) groups is 1. The molecule has 1 atom stereocenters. The minimum absolute atomic E-state index is 0.0790. The first-order chi connectivity index (χ1) is 12.1. The summed E-state index contributed by atoms with van der Waals surface area (Å²) in [6.07, 6.45) is 0.873. The van der Waals surface area contributed by atoms with E-state index >= 15 is 0 Å². The summed E-state index contributed by atoms with van der Waals surface area (Å²) in [7, 11) is 0. The van der Waals surface area contributed by atoms with Gasteiger partial charge in [-0.3, -0.25) is 0 Å². The summed E-state index contributed by atoms with van der Waals surface area (Å²) in [4.78, 5) is 14.2. The van der Waals surface area contributed by atoms with Gasteiger partial charge in [-0.15, -0.1) is 0 Å². The van der Waals surface area contributed by atoms with Crippen molar-refractivity contribution in [2.75, 3.05) is 18.8 Å². The fourth-order valence-corrected chi connectivity index (χ4v) is 4.45. The lowest BCUT2D eigenvalue weighted by Gasteiger charge is -2.21. The van der Waals surface area contributed by atoms with Gasteiger partial charge in [-0.1, -0.05) is 41.9 Å². The van der Waals surface area contributed by atoms with Crippen molar-refractivity contribution in [2.45, 2.75) is 18.2 Å². The van der Waals surface area contributed by atoms with Crippen LogP contribution in [0, 0.1) is 5.82 Å². The molecular formula is C19H20ClFN2OS. The van der Waals surface area contributed by atoms with Crippen molar-refractivity contribution in [3.63, 3.8) is 0 Å². The van der Waals surface area contributed by atoms with Gasteiger partial charge in [-0.05, 0) is 35.7 Å². The molecule has 1 saturated heterocycles. The predicted molar refractivity (Wildman–Crippen MR) is 101 cm³/mol. The van der Waals surface area contributed by atoms with Crippen LogP contribution >= 0.6 is 23.4 Å². The monoisotopic (exact) mass is 378 g/mol. The Labute approximate surface area is 156 Å². The molecule has 0 bridgehead atoms. The van der Waals surface area contributed by atoms with Gasteiger partial charge >= 0.3 is 6.03 Å². The zero-order valence-corrected chi connectivity index (χ0v) is 15.3. The Hall–Kier alpha value is -1.72. The van der Waals surface area contributed by atoms with Crippen molar-refractivity contribution in [3.05, 3.63) is 70.5 Å². The number of carbonyl (C=O) groups excluding carboxylic acids is 1. The molecule has 2 aromatic carbocycles. The van der Waals surface area contributed by atoms with Gasteiger partial charge in [0.1, 0.15) is 5.82 Å². The summed E-state index contributed by atoms with van der Waals surface area (Å²) in [6.45, 7) is 1.80. The SMILES string of the molecule is O=C(NCc1ccc(F)cc1)N1CCSC(c2ccccc2Cl)CC1. The van der Waals surface area contributed by atoms with Crippen LogP contribution in [-0.4, -0.2) is 29.8 Å². The number of carbonyl (C=O) groups is 1. The molecule has 3 rings (SSSR count). The number of hydrogen-bond donors (Lipinski definition) is 1. The smallest absolute Gasteiger partial charge is 0.317 e. The molecule has 132 valence electrons. The quantitative estimate of drug-likeness (QED) is 0.826. The molecule has 2 amide bonds. The number of urea groups is 1. The molecule has 0 spiro atoms. The zero-order valence-electron chi connectivity index (χ0n) is 13.8. The van der Waals surface area contributed by atoms with Crippen LogP contribution in [0.15, 0.2) is 48.5 Å². The lowest BCUT2D eigenvalue weighted by molar-refractivity contribution is 0.200. The van der Waals surface area contributed by atoms with E-state index in [4.69, 9.17) is 11.6 Å². The average Bonchev–Trinajstić information content (AvgIpc) is 2.87. The Kier molecular flexibility index (Phi) is 6.21. The molecular weight excluding hydrogens is 359 g/mol. The fourth-order valence-electron chi connectivity index (χ4n) is 2.85. The largest absolute Gasteiger partial charge is 0.334 e. The van der Waals surface area contributed by atoms with Crippen LogP contribution in [-0.2, 0) is 6.54 Å². The van der Waals surface area contributed by atoms with Crippen LogP contribution in [0.25, 0.3) is 0 Å². The van der Waals surface area contributed by atoms with E-state index in [1.807, 2.05) is 34.9 Å². The van der Waals surface area contributed by atoms with Gasteiger partial charge in [-0.2, -0.15) is 11.8 Å². The number of halogens is 2. The van der Waals surface area contributed by atoms with Crippen molar-refractivity contribution < 1.29 is 9.18 Å². The number of amides is 2. The van der Waals surface area contributed by atoms with Crippen molar-refractivity contribution in [1.29, 1.82) is 0 Å². The van der Waals surface area contributed by atoms with E-state index in [0.29, 0.717) is 24.9 Å². The Balaban J connectivity index is 1.54. The van der Waals surface area contributed by atoms with Crippen LogP contribution in [0.3, 0.4) is 0 Å². The average molecular weight is 379 g/mol. The standard InChI is InChI=1S/C19H20ClFN2OS/c20-17-4-2-1-3-16(17)18-9-10-23(11-12-25-18)19(24)22-13-14-5-7-15(21)8-6-14/h1-8,18H,9-13H2,(H,22,24). The van der Waals surface area contributed by atoms with E-state index in [9.17, 15) is 9.18 Å². The summed E-state index contributed by atoms with van der Waals surface area (Å²) < 4.78 is 12.9. The van der Waals surface area contributed by atoms with Crippen LogP contribution < -0.4 is 5.32 Å². The maximum atomic E-state index is 12.9. The third-order valence-corrected chi connectivity index (χ3v) is 5.89. The third-order valence-electron chi connectivity index (χ3n) is 4.24. The van der Waals surface area contributed by atoms with Crippen molar-refractivity contribution >= 4 is 29.4 Å². The van der Waals surface area contributed by atoms with Crippen molar-refractivity contribution in [3.8, 4) is 0 Å². The molecule has 0 aromatic heterocycles. The number of benzene rings is 2. The Morgan fingerprint density at radius 2 is 1.96 bits per heavy atom. The molecule has 1 heterocycles. The van der Waals surface area contributed by atoms with Crippen LogP contribution in [0.4, 0.5) is 9.18 Å². The van der Waals surface area contributed by atoms with Gasteiger partial charge in [0.05, 0.1) is 0 Å². The first-order valence-electron chi connectivity index (χ1n) is 8.27. The van der Waals surface area contributed by atoms with Gasteiger partial charge in [0, 0.05) is 35.7 Å². The fraction of sp³-hybridized carbons (Fsp3) is 0.316. The molecule has 1 unspecified atom stereocenters. The highest BCUT2D eigenvalue weighted by Gasteiger charge is 2.23. The lowest BCUT2D eigenvalue weighted by atomic mass is 10.1. The van der Waals surface area contributed by atoms with Gasteiger partial charge in [-0.25, -0.2) is 9.18 Å². The van der Waals surface area contributed by atoms with E-state index in [1.165, 1.54) is 12.1 Å². The van der Waals surface area contributed by atoms with Crippen molar-refractivity contribution in [1.82, 2.24) is 10.2 Å². The highest BCUT2D eigenvalue weighted by atomic mass is 35.5. The van der Waals surface area contributed by atoms with Gasteiger partial charge in [0.15, 0.2) is 0 Å². The maximum absolute atomic E-state index is 12.9. The van der Waals surface area contributed by atoms with Gasteiger partial charge in [0.25, 0.3) is 0 Å². The second kappa shape index (κ2) is 8.59. The predicted octanol–water partition coefficient (Wildman–Crippen LogP) is 4.87. The zero-order chi connectivity index (χ0) is 17.6. The maximum Gasteiger partial charge on any atom is 0.317 e. The molecule has 1 aliphatic rings. The summed E-state index contributed by atoms with van der Waals surface area (Å²) in [6, 6.07) is 14.0. The molecule has 1 N–H and O–H groups in total. The Morgan fingerprint density at radius 3 is 2.72 bits per heavy atom. The molecule has 0 saturated carbocycles. The second-order valence-corrected chi connectivity index (χ2v) is 7.66. The van der Waals surface area contributed by atoms with E-state index in [-0.39, 0.29) is 11.8 Å². The van der Waals surface area contributed by atoms with Crippen LogP contribution in [0.2, 0.25) is 5.02 Å². The van der Waals surface area contributed by atoms with Crippen molar-refractivity contribution in [2.24, 2.45) is 0 Å². The first-order valence-corrected chi connectivity index (χ1v) is 9.69. The van der Waals surface area contributed by atoms with Crippen LogP contribution in [0.1, 0.15) is 22.8 Å². The first kappa shape index (κ1) is 18.1. The summed E-state index contributed by atoms with van der Waals surface area (Å²) >= 11 is 8.15. The van der Waals surface area contributed by atoms with Gasteiger partial charge in [0.2, 0.25) is 0 Å². The number of rotatable bonds is 3. The number of hydrogen-bond acceptors (Lipinski definition) is 2. The second-order valence-electron chi connectivity index (χ2n) is 5.94. The Bertz CT molecular complexity index is 726. The topological polar surface area (TPSA) is 32.3 Å². The third kappa shape index (κ3) is 4.89. The summed E-state index contributed by atoms with van der Waals surface area (Å²) in [5.41, 5.74) is 2.02. The molecule has 3 nitrogen and oxygen atoms in total. The van der Waals surface area contributed by atoms with E-state index in [2.05, 4.69) is 11.4 Å². The van der Waals surface area contributed by atoms with Gasteiger partial charge < -0.3 is 10.2 Å². The van der Waals surface area contributed by atoms with E-state index < -0.39 is 0 Å². The highest BCUT2D eigenvalue weighted by molar-refractivity contribution is 7.99. The minimum atomic E-state index is -0.273. The lowest BCUT2D eigenvalue weighted by Crippen LogP contribution is -2.40. The van der Waals surface area contributed by atoms with E-state index in [1.54, 1.807) is 12.1 Å². The molecule has 6 heteroatoms.